The molecule has 1 aliphatic rings. The highest BCUT2D eigenvalue weighted by molar-refractivity contribution is 5.66. The van der Waals surface area contributed by atoms with E-state index >= 15 is 0 Å². The van der Waals surface area contributed by atoms with E-state index in [2.05, 4.69) is 0 Å². The minimum atomic E-state index is -0.660. The summed E-state index contributed by atoms with van der Waals surface area (Å²) in [5.74, 6) is -0.660. The van der Waals surface area contributed by atoms with Crippen LogP contribution in [0, 0.1) is 0 Å². The molecule has 1 unspecified atom stereocenters. The first-order chi connectivity index (χ1) is 9.79. The minimum Gasteiger partial charge on any atom is -0.481 e. The predicted molar refractivity (Wildman–Crippen MR) is 82.0 cm³/mol. The van der Waals surface area contributed by atoms with Crippen LogP contribution in [0.4, 0.5) is 0 Å². The zero-order chi connectivity index (χ0) is 14.5. The van der Waals surface area contributed by atoms with E-state index in [0.29, 0.717) is 12.5 Å². The Labute approximate surface area is 124 Å². The van der Waals surface area contributed by atoms with Crippen molar-refractivity contribution in [1.29, 1.82) is 0 Å². The molecule has 0 aromatic carbocycles. The van der Waals surface area contributed by atoms with E-state index in [4.69, 9.17) is 9.84 Å². The third-order valence-electron chi connectivity index (χ3n) is 4.19. The van der Waals surface area contributed by atoms with E-state index in [9.17, 15) is 4.79 Å². The number of unbranched alkanes of at least 4 members (excludes halogenated alkanes) is 8. The normalized spacial score (nSPS) is 19.1. The van der Waals surface area contributed by atoms with E-state index in [1.54, 1.807) is 0 Å². The van der Waals surface area contributed by atoms with Crippen LogP contribution in [-0.4, -0.2) is 23.8 Å². The molecular formula is C17H32O3. The Morgan fingerprint density at radius 1 is 0.900 bits per heavy atom. The van der Waals surface area contributed by atoms with Gasteiger partial charge in [-0.1, -0.05) is 51.4 Å². The Morgan fingerprint density at radius 2 is 1.50 bits per heavy atom. The zero-order valence-electron chi connectivity index (χ0n) is 12.9. The van der Waals surface area contributed by atoms with Gasteiger partial charge in [0.1, 0.15) is 0 Å². The predicted octanol–water partition coefficient (Wildman–Crippen LogP) is 4.93. The van der Waals surface area contributed by atoms with Gasteiger partial charge in [0.25, 0.3) is 0 Å². The fourth-order valence-electron chi connectivity index (χ4n) is 2.92. The van der Waals surface area contributed by atoms with Gasteiger partial charge in [0, 0.05) is 13.0 Å². The average molecular weight is 284 g/mol. The van der Waals surface area contributed by atoms with Gasteiger partial charge in [-0.25, -0.2) is 0 Å². The van der Waals surface area contributed by atoms with Crippen LogP contribution in [0.1, 0.15) is 89.9 Å². The van der Waals surface area contributed by atoms with Crippen LogP contribution in [0.3, 0.4) is 0 Å². The van der Waals surface area contributed by atoms with E-state index in [0.717, 1.165) is 19.4 Å². The summed E-state index contributed by atoms with van der Waals surface area (Å²) in [6.45, 7) is 0.979. The molecule has 1 fully saturated rings. The third kappa shape index (κ3) is 10.2. The van der Waals surface area contributed by atoms with E-state index in [-0.39, 0.29) is 0 Å². The Balaban J connectivity index is 1.73. The molecule has 1 heterocycles. The van der Waals surface area contributed by atoms with Gasteiger partial charge in [-0.3, -0.25) is 4.79 Å². The van der Waals surface area contributed by atoms with E-state index in [1.807, 2.05) is 0 Å². The standard InChI is InChI=1S/C17H32O3/c18-17(19)14-9-7-5-3-1-2-4-6-8-12-16-13-10-11-15-20-16/h16H,1-15H2,(H,18,19). The van der Waals surface area contributed by atoms with Crippen molar-refractivity contribution < 1.29 is 14.6 Å². The van der Waals surface area contributed by atoms with Crippen LogP contribution in [0.2, 0.25) is 0 Å². The van der Waals surface area contributed by atoms with Gasteiger partial charge in [0.05, 0.1) is 6.10 Å². The molecule has 0 saturated carbocycles. The number of carbonyl (C=O) groups is 1. The summed E-state index contributed by atoms with van der Waals surface area (Å²) in [5.41, 5.74) is 0. The number of rotatable bonds is 12. The summed E-state index contributed by atoms with van der Waals surface area (Å²) < 4.78 is 5.74. The SMILES string of the molecule is O=C(O)CCCCCCCCCCCC1CCCCO1. The van der Waals surface area contributed by atoms with Gasteiger partial charge in [0.2, 0.25) is 0 Å². The highest BCUT2D eigenvalue weighted by atomic mass is 16.5. The highest BCUT2D eigenvalue weighted by Gasteiger charge is 2.12. The largest absolute Gasteiger partial charge is 0.481 e. The van der Waals surface area contributed by atoms with Crippen molar-refractivity contribution in [3.05, 3.63) is 0 Å². The highest BCUT2D eigenvalue weighted by Crippen LogP contribution is 2.19. The van der Waals surface area contributed by atoms with Crippen molar-refractivity contribution in [3.63, 3.8) is 0 Å². The molecule has 3 nitrogen and oxygen atoms in total. The molecule has 0 amide bonds. The van der Waals surface area contributed by atoms with Crippen LogP contribution < -0.4 is 0 Å². The molecule has 0 aromatic rings. The number of carboxylic acid groups (broad SMARTS) is 1. The van der Waals surface area contributed by atoms with Gasteiger partial charge < -0.3 is 9.84 Å². The van der Waals surface area contributed by atoms with Crippen LogP contribution in [0.15, 0.2) is 0 Å². The fraction of sp³-hybridized carbons (Fsp3) is 0.941. The van der Waals surface area contributed by atoms with Crippen molar-refractivity contribution in [2.45, 2.75) is 96.0 Å². The molecule has 0 radical (unpaired) electrons. The minimum absolute atomic E-state index is 0.337. The quantitative estimate of drug-likeness (QED) is 0.517. The summed E-state index contributed by atoms with van der Waals surface area (Å²) in [4.78, 5) is 10.3. The lowest BCUT2D eigenvalue weighted by Crippen LogP contribution is -2.18. The number of carboxylic acids is 1. The Bertz CT molecular complexity index is 234. The maximum atomic E-state index is 10.3. The Kier molecular flexibility index (Phi) is 10.7. The molecule has 1 rings (SSSR count). The van der Waals surface area contributed by atoms with Crippen LogP contribution in [0.25, 0.3) is 0 Å². The zero-order valence-corrected chi connectivity index (χ0v) is 12.9. The van der Waals surface area contributed by atoms with Crippen LogP contribution in [-0.2, 0) is 9.53 Å². The van der Waals surface area contributed by atoms with Gasteiger partial charge >= 0.3 is 5.97 Å². The van der Waals surface area contributed by atoms with Crippen molar-refractivity contribution in [3.8, 4) is 0 Å². The lowest BCUT2D eigenvalue weighted by atomic mass is 10.0. The van der Waals surface area contributed by atoms with E-state index < -0.39 is 5.97 Å². The molecular weight excluding hydrogens is 252 g/mol. The summed E-state index contributed by atoms with van der Waals surface area (Å²) in [5, 5.41) is 8.52. The second-order valence-corrected chi connectivity index (χ2v) is 6.10. The maximum Gasteiger partial charge on any atom is 0.303 e. The van der Waals surface area contributed by atoms with Gasteiger partial charge in [0.15, 0.2) is 0 Å². The molecule has 118 valence electrons. The summed E-state index contributed by atoms with van der Waals surface area (Å²) in [6.07, 6.45) is 17.1. The first-order valence-corrected chi connectivity index (χ1v) is 8.62. The van der Waals surface area contributed by atoms with Gasteiger partial charge in [-0.15, -0.1) is 0 Å². The first-order valence-electron chi connectivity index (χ1n) is 8.62. The monoisotopic (exact) mass is 284 g/mol. The number of aliphatic carboxylic acids is 1. The summed E-state index contributed by atoms with van der Waals surface area (Å²) in [6, 6.07) is 0. The van der Waals surface area contributed by atoms with Crippen molar-refractivity contribution in [2.75, 3.05) is 6.61 Å². The fourth-order valence-corrected chi connectivity index (χ4v) is 2.92. The number of hydrogen-bond acceptors (Lipinski definition) is 2. The van der Waals surface area contributed by atoms with Crippen molar-refractivity contribution in [1.82, 2.24) is 0 Å². The molecule has 0 aromatic heterocycles. The lowest BCUT2D eigenvalue weighted by molar-refractivity contribution is -0.137. The first kappa shape index (κ1) is 17.5. The number of hydrogen-bond donors (Lipinski definition) is 1. The average Bonchev–Trinajstić information content (AvgIpc) is 2.45. The molecule has 1 saturated heterocycles. The van der Waals surface area contributed by atoms with Gasteiger partial charge in [-0.05, 0) is 32.1 Å². The third-order valence-corrected chi connectivity index (χ3v) is 4.19. The Hall–Kier alpha value is -0.570. The molecule has 3 heteroatoms. The molecule has 0 bridgehead atoms. The van der Waals surface area contributed by atoms with Crippen LogP contribution >= 0.6 is 0 Å². The van der Waals surface area contributed by atoms with Crippen molar-refractivity contribution >= 4 is 5.97 Å². The summed E-state index contributed by atoms with van der Waals surface area (Å²) in [7, 11) is 0. The van der Waals surface area contributed by atoms with E-state index in [1.165, 1.54) is 70.6 Å². The Morgan fingerprint density at radius 3 is 2.05 bits per heavy atom. The molecule has 20 heavy (non-hydrogen) atoms. The molecule has 1 aliphatic heterocycles. The van der Waals surface area contributed by atoms with Crippen LogP contribution in [0.5, 0.6) is 0 Å². The second kappa shape index (κ2) is 12.2. The van der Waals surface area contributed by atoms with Gasteiger partial charge in [-0.2, -0.15) is 0 Å². The van der Waals surface area contributed by atoms with Crippen molar-refractivity contribution in [2.24, 2.45) is 0 Å². The number of ether oxygens (including phenoxy) is 1. The topological polar surface area (TPSA) is 46.5 Å². The maximum absolute atomic E-state index is 10.3. The second-order valence-electron chi connectivity index (χ2n) is 6.10. The molecule has 1 atom stereocenters. The molecule has 0 spiro atoms. The smallest absolute Gasteiger partial charge is 0.303 e. The molecule has 1 N–H and O–H groups in total. The summed E-state index contributed by atoms with van der Waals surface area (Å²) >= 11 is 0. The molecule has 0 aliphatic carbocycles. The lowest BCUT2D eigenvalue weighted by Gasteiger charge is -2.22.